The second-order valence-electron chi connectivity index (χ2n) is 3.23. The molecule has 0 radical (unpaired) electrons. The highest BCUT2D eigenvalue weighted by molar-refractivity contribution is 5.24. The van der Waals surface area contributed by atoms with Crippen molar-refractivity contribution in [2.75, 3.05) is 0 Å². The number of hydrogen-bond donors (Lipinski definition) is 0. The molecule has 0 aliphatic heterocycles. The largest absolute Gasteiger partial charge is 0.261 e. The normalized spacial score (nSPS) is 10.4. The smallest absolute Gasteiger partial charge is 0.161 e. The molecule has 0 aliphatic rings. The van der Waals surface area contributed by atoms with E-state index in [1.54, 1.807) is 0 Å². The van der Waals surface area contributed by atoms with Gasteiger partial charge in [-0.25, -0.2) is 13.2 Å². The van der Waals surface area contributed by atoms with Crippen LogP contribution < -0.4 is 0 Å². The highest BCUT2D eigenvalue weighted by Crippen LogP contribution is 2.16. The van der Waals surface area contributed by atoms with E-state index in [0.717, 1.165) is 6.07 Å². The van der Waals surface area contributed by atoms with Crippen molar-refractivity contribution in [2.45, 2.75) is 6.42 Å². The van der Waals surface area contributed by atoms with Crippen molar-refractivity contribution in [3.63, 3.8) is 0 Å². The molecule has 0 spiro atoms. The van der Waals surface area contributed by atoms with Gasteiger partial charge in [0.1, 0.15) is 5.82 Å². The zero-order chi connectivity index (χ0) is 11.5. The van der Waals surface area contributed by atoms with Gasteiger partial charge in [0.05, 0.1) is 5.69 Å². The van der Waals surface area contributed by atoms with Crippen molar-refractivity contribution in [1.29, 1.82) is 0 Å². The van der Waals surface area contributed by atoms with Gasteiger partial charge in [0.25, 0.3) is 0 Å². The minimum atomic E-state index is -1.19. The van der Waals surface area contributed by atoms with Crippen LogP contribution in [-0.2, 0) is 6.42 Å². The Morgan fingerprint density at radius 1 is 0.938 bits per heavy atom. The second kappa shape index (κ2) is 4.30. The van der Waals surface area contributed by atoms with E-state index in [2.05, 4.69) is 9.97 Å². The average Bonchev–Trinajstić information content (AvgIpc) is 2.27. The van der Waals surface area contributed by atoms with Crippen molar-refractivity contribution in [3.8, 4) is 0 Å². The Bertz CT molecular complexity index is 500. The molecular formula is C11H7F3N2. The third-order valence-corrected chi connectivity index (χ3v) is 2.08. The summed E-state index contributed by atoms with van der Waals surface area (Å²) in [5.41, 5.74) is 0.548. The van der Waals surface area contributed by atoms with Crippen molar-refractivity contribution in [1.82, 2.24) is 9.97 Å². The first-order chi connectivity index (χ1) is 7.66. The molecular weight excluding hydrogens is 217 g/mol. The van der Waals surface area contributed by atoms with Crippen LogP contribution in [0, 0.1) is 17.5 Å². The minimum Gasteiger partial charge on any atom is -0.261 e. The lowest BCUT2D eigenvalue weighted by molar-refractivity contribution is 0.491. The van der Waals surface area contributed by atoms with Crippen LogP contribution in [0.5, 0.6) is 0 Å². The van der Waals surface area contributed by atoms with Gasteiger partial charge in [0, 0.05) is 31.1 Å². The lowest BCUT2D eigenvalue weighted by Crippen LogP contribution is -1.98. The molecule has 82 valence electrons. The number of halogens is 3. The van der Waals surface area contributed by atoms with E-state index in [0.29, 0.717) is 11.8 Å². The summed E-state index contributed by atoms with van der Waals surface area (Å²) >= 11 is 0. The van der Waals surface area contributed by atoms with Gasteiger partial charge in [-0.1, -0.05) is 0 Å². The summed E-state index contributed by atoms with van der Waals surface area (Å²) in [6.45, 7) is 0. The van der Waals surface area contributed by atoms with Crippen LogP contribution in [0.1, 0.15) is 11.3 Å². The molecule has 5 heteroatoms. The maximum Gasteiger partial charge on any atom is 0.161 e. The van der Waals surface area contributed by atoms with Crippen molar-refractivity contribution >= 4 is 0 Å². The summed E-state index contributed by atoms with van der Waals surface area (Å²) in [5, 5.41) is 0. The molecule has 0 aliphatic carbocycles. The van der Waals surface area contributed by atoms with E-state index >= 15 is 0 Å². The Kier molecular flexibility index (Phi) is 2.85. The average molecular weight is 224 g/mol. The summed E-state index contributed by atoms with van der Waals surface area (Å²) in [5.74, 6) is -3.05. The Labute approximate surface area is 89.8 Å². The Morgan fingerprint density at radius 3 is 2.38 bits per heavy atom. The van der Waals surface area contributed by atoms with Crippen LogP contribution in [0.4, 0.5) is 13.2 Å². The predicted molar refractivity (Wildman–Crippen MR) is 51.2 cm³/mol. The van der Waals surface area contributed by atoms with Crippen molar-refractivity contribution in [2.24, 2.45) is 0 Å². The van der Waals surface area contributed by atoms with E-state index < -0.39 is 17.5 Å². The summed E-state index contributed by atoms with van der Waals surface area (Å²) in [4.78, 5) is 7.72. The van der Waals surface area contributed by atoms with Crippen LogP contribution in [-0.4, -0.2) is 9.97 Å². The van der Waals surface area contributed by atoms with Gasteiger partial charge in [0.15, 0.2) is 11.6 Å². The van der Waals surface area contributed by atoms with Gasteiger partial charge in [-0.05, 0) is 11.6 Å². The highest BCUT2D eigenvalue weighted by atomic mass is 19.2. The molecule has 0 saturated carbocycles. The van der Waals surface area contributed by atoms with Gasteiger partial charge in [0.2, 0.25) is 0 Å². The monoisotopic (exact) mass is 224 g/mol. The summed E-state index contributed by atoms with van der Waals surface area (Å²) in [6.07, 6.45) is 4.45. The van der Waals surface area contributed by atoms with Crippen LogP contribution >= 0.6 is 0 Å². The Morgan fingerprint density at radius 2 is 1.69 bits per heavy atom. The zero-order valence-corrected chi connectivity index (χ0v) is 8.12. The first-order valence-corrected chi connectivity index (χ1v) is 4.55. The maximum atomic E-state index is 13.3. The molecule has 1 aromatic heterocycles. The third kappa shape index (κ3) is 2.18. The molecule has 0 atom stereocenters. The van der Waals surface area contributed by atoms with Crippen molar-refractivity contribution < 1.29 is 13.2 Å². The van der Waals surface area contributed by atoms with Crippen LogP contribution in [0.15, 0.2) is 30.7 Å². The number of benzene rings is 1. The summed E-state index contributed by atoms with van der Waals surface area (Å²) < 4.78 is 38.8. The number of rotatable bonds is 2. The molecule has 0 saturated heterocycles. The van der Waals surface area contributed by atoms with Gasteiger partial charge < -0.3 is 0 Å². The fourth-order valence-electron chi connectivity index (χ4n) is 1.32. The molecule has 2 aromatic rings. The molecule has 0 bridgehead atoms. The molecule has 16 heavy (non-hydrogen) atoms. The minimum absolute atomic E-state index is 0.0550. The zero-order valence-electron chi connectivity index (χ0n) is 8.12. The molecule has 0 unspecified atom stereocenters. The molecule has 1 aromatic carbocycles. The lowest BCUT2D eigenvalue weighted by Gasteiger charge is -2.03. The quantitative estimate of drug-likeness (QED) is 0.732. The molecule has 2 nitrogen and oxygen atoms in total. The fraction of sp³-hybridized carbons (Fsp3) is 0.0909. The summed E-state index contributed by atoms with van der Waals surface area (Å²) in [6, 6.07) is 1.36. The van der Waals surface area contributed by atoms with Crippen LogP contribution in [0.25, 0.3) is 0 Å². The first kappa shape index (κ1) is 10.6. The van der Waals surface area contributed by atoms with Gasteiger partial charge in [-0.3, -0.25) is 9.97 Å². The predicted octanol–water partition coefficient (Wildman–Crippen LogP) is 2.48. The second-order valence-corrected chi connectivity index (χ2v) is 3.23. The Hall–Kier alpha value is -1.91. The van der Waals surface area contributed by atoms with E-state index in [1.807, 2.05) is 0 Å². The van der Waals surface area contributed by atoms with Gasteiger partial charge in [-0.15, -0.1) is 0 Å². The van der Waals surface area contributed by atoms with Crippen LogP contribution in [0.3, 0.4) is 0 Å². The first-order valence-electron chi connectivity index (χ1n) is 4.55. The molecule has 0 fully saturated rings. The van der Waals surface area contributed by atoms with E-state index in [1.165, 1.54) is 18.6 Å². The third-order valence-electron chi connectivity index (χ3n) is 2.08. The molecule has 1 heterocycles. The topological polar surface area (TPSA) is 25.8 Å². The lowest BCUT2D eigenvalue weighted by atomic mass is 10.1. The van der Waals surface area contributed by atoms with Crippen LogP contribution in [0.2, 0.25) is 0 Å². The number of nitrogens with zero attached hydrogens (tertiary/aromatic N) is 2. The van der Waals surface area contributed by atoms with E-state index in [-0.39, 0.29) is 12.0 Å². The fourth-order valence-corrected chi connectivity index (χ4v) is 1.32. The maximum absolute atomic E-state index is 13.3. The van der Waals surface area contributed by atoms with E-state index in [9.17, 15) is 13.2 Å². The number of hydrogen-bond acceptors (Lipinski definition) is 2. The standard InChI is InChI=1S/C11H7F3N2/c12-9-5-11(14)10(13)4-7(9)3-8-6-15-1-2-16-8/h1-2,4-6H,3H2. The van der Waals surface area contributed by atoms with Crippen molar-refractivity contribution in [3.05, 3.63) is 59.4 Å². The highest BCUT2D eigenvalue weighted by Gasteiger charge is 2.10. The summed E-state index contributed by atoms with van der Waals surface area (Å²) in [7, 11) is 0. The SMILES string of the molecule is Fc1cc(F)c(Cc2cnccn2)cc1F. The van der Waals surface area contributed by atoms with Gasteiger partial charge in [-0.2, -0.15) is 0 Å². The molecule has 2 rings (SSSR count). The molecule has 0 amide bonds. The molecule has 0 N–H and O–H groups in total. The van der Waals surface area contributed by atoms with E-state index in [4.69, 9.17) is 0 Å². The Balaban J connectivity index is 2.32. The number of aromatic nitrogens is 2. The van der Waals surface area contributed by atoms with Gasteiger partial charge >= 0.3 is 0 Å².